The molecule has 0 radical (unpaired) electrons. The van der Waals surface area contributed by atoms with Gasteiger partial charge in [0.2, 0.25) is 5.89 Å². The van der Waals surface area contributed by atoms with E-state index < -0.39 is 0 Å². The largest absolute Gasteiger partial charge is 0.382 e. The summed E-state index contributed by atoms with van der Waals surface area (Å²) in [6.07, 6.45) is 2.35. The predicted molar refractivity (Wildman–Crippen MR) is 82.5 cm³/mol. The Morgan fingerprint density at radius 2 is 2.30 bits per heavy atom. The van der Waals surface area contributed by atoms with E-state index in [0.717, 1.165) is 5.69 Å². The van der Waals surface area contributed by atoms with Gasteiger partial charge in [-0.05, 0) is 12.1 Å². The summed E-state index contributed by atoms with van der Waals surface area (Å²) in [5.74, 6) is 0.998. The Kier molecular flexibility index (Phi) is 6.04. The maximum atomic E-state index is 12.3. The van der Waals surface area contributed by atoms with Crippen molar-refractivity contribution in [1.82, 2.24) is 25.3 Å². The van der Waals surface area contributed by atoms with Crippen LogP contribution in [0.2, 0.25) is 0 Å². The molecular weight excluding hydrogens is 298 g/mol. The van der Waals surface area contributed by atoms with Gasteiger partial charge in [0.05, 0.1) is 24.9 Å². The Morgan fingerprint density at radius 3 is 2.91 bits per heavy atom. The summed E-state index contributed by atoms with van der Waals surface area (Å²) in [4.78, 5) is 22.3. The summed E-state index contributed by atoms with van der Waals surface area (Å²) in [5, 5.41) is 6.56. The molecule has 0 fully saturated rings. The fraction of sp³-hybridized carbons (Fsp3) is 0.467. The van der Waals surface area contributed by atoms with E-state index in [9.17, 15) is 4.79 Å². The normalized spacial score (nSPS) is 12.0. The summed E-state index contributed by atoms with van der Waals surface area (Å²) in [6, 6.07) is 5.02. The van der Waals surface area contributed by atoms with Crippen molar-refractivity contribution in [2.24, 2.45) is 0 Å². The fourth-order valence-corrected chi connectivity index (χ4v) is 2.05. The molecule has 1 atom stereocenters. The molecule has 2 heterocycles. The number of pyridine rings is 1. The van der Waals surface area contributed by atoms with Crippen LogP contribution in [0.1, 0.15) is 30.4 Å². The first-order valence-corrected chi connectivity index (χ1v) is 7.37. The van der Waals surface area contributed by atoms with Crippen LogP contribution >= 0.6 is 0 Å². The molecule has 0 saturated heterocycles. The Morgan fingerprint density at radius 1 is 1.48 bits per heavy atom. The molecule has 124 valence electrons. The lowest BCUT2D eigenvalue weighted by Gasteiger charge is -2.27. The molecule has 0 aromatic carbocycles. The standard InChI is InChI=1S/C15H21N5O3/c1-4-14-18-13(19-23-14)9-17-15(21)20(2)12(10-22-3)11-7-5-6-8-16-11/h5-8,12H,4,9-10H2,1-3H3,(H,17,21)/t12-/m1/s1. The van der Waals surface area contributed by atoms with Gasteiger partial charge in [0.25, 0.3) is 0 Å². The minimum atomic E-state index is -0.280. The SMILES string of the molecule is CCc1nc(CNC(=O)N(C)[C@H](COC)c2ccccn2)no1. The fourth-order valence-electron chi connectivity index (χ4n) is 2.05. The third-order valence-corrected chi connectivity index (χ3v) is 3.35. The van der Waals surface area contributed by atoms with Gasteiger partial charge in [0.15, 0.2) is 5.82 Å². The van der Waals surface area contributed by atoms with Gasteiger partial charge in [-0.1, -0.05) is 18.1 Å². The summed E-state index contributed by atoms with van der Waals surface area (Å²) in [7, 11) is 3.29. The van der Waals surface area contributed by atoms with Crippen LogP contribution in [-0.2, 0) is 17.7 Å². The van der Waals surface area contributed by atoms with Gasteiger partial charge < -0.3 is 19.5 Å². The van der Waals surface area contributed by atoms with Crippen LogP contribution in [0.4, 0.5) is 4.79 Å². The highest BCUT2D eigenvalue weighted by Crippen LogP contribution is 2.17. The average Bonchev–Trinajstić information content (AvgIpc) is 3.06. The minimum Gasteiger partial charge on any atom is -0.382 e. The number of nitrogens with zero attached hydrogens (tertiary/aromatic N) is 4. The summed E-state index contributed by atoms with van der Waals surface area (Å²) < 4.78 is 10.2. The molecule has 0 unspecified atom stereocenters. The van der Waals surface area contributed by atoms with Crippen LogP contribution in [0, 0.1) is 0 Å². The zero-order valence-corrected chi connectivity index (χ0v) is 13.5. The van der Waals surface area contributed by atoms with Gasteiger partial charge in [-0.3, -0.25) is 4.98 Å². The van der Waals surface area contributed by atoms with Crippen LogP contribution in [0.5, 0.6) is 0 Å². The molecule has 8 heteroatoms. The Balaban J connectivity index is 1.98. The van der Waals surface area contributed by atoms with E-state index in [0.29, 0.717) is 24.7 Å². The first-order valence-electron chi connectivity index (χ1n) is 7.37. The molecular formula is C15H21N5O3. The number of likely N-dealkylation sites (N-methyl/N-ethyl adjacent to an activating group) is 1. The number of ether oxygens (including phenoxy) is 1. The van der Waals surface area contributed by atoms with E-state index in [-0.39, 0.29) is 18.6 Å². The van der Waals surface area contributed by atoms with Crippen molar-refractivity contribution in [2.45, 2.75) is 25.9 Å². The number of urea groups is 1. The highest BCUT2D eigenvalue weighted by Gasteiger charge is 2.22. The molecule has 0 spiro atoms. The predicted octanol–water partition coefficient (Wildman–Crippen LogP) is 1.56. The average molecular weight is 319 g/mol. The maximum absolute atomic E-state index is 12.3. The number of hydrogen-bond acceptors (Lipinski definition) is 6. The molecule has 1 N–H and O–H groups in total. The second-order valence-electron chi connectivity index (χ2n) is 4.95. The molecule has 2 aromatic heterocycles. The van der Waals surface area contributed by atoms with Crippen molar-refractivity contribution in [3.05, 3.63) is 41.8 Å². The van der Waals surface area contributed by atoms with Crippen molar-refractivity contribution in [3.63, 3.8) is 0 Å². The monoisotopic (exact) mass is 319 g/mol. The zero-order chi connectivity index (χ0) is 16.7. The van der Waals surface area contributed by atoms with Gasteiger partial charge in [-0.25, -0.2) is 4.79 Å². The smallest absolute Gasteiger partial charge is 0.318 e. The second-order valence-corrected chi connectivity index (χ2v) is 4.95. The van der Waals surface area contributed by atoms with Crippen LogP contribution in [0.25, 0.3) is 0 Å². The summed E-state index contributed by atoms with van der Waals surface area (Å²) in [6.45, 7) is 2.48. The molecule has 2 amide bonds. The quantitative estimate of drug-likeness (QED) is 0.832. The van der Waals surface area contributed by atoms with Crippen molar-refractivity contribution in [3.8, 4) is 0 Å². The highest BCUT2D eigenvalue weighted by molar-refractivity contribution is 5.74. The van der Waals surface area contributed by atoms with Gasteiger partial charge >= 0.3 is 6.03 Å². The Bertz CT molecular complexity index is 617. The molecule has 0 bridgehead atoms. The maximum Gasteiger partial charge on any atom is 0.318 e. The molecule has 0 aliphatic carbocycles. The number of aromatic nitrogens is 3. The van der Waals surface area contributed by atoms with Crippen LogP contribution in [0.3, 0.4) is 0 Å². The van der Waals surface area contributed by atoms with Crippen LogP contribution < -0.4 is 5.32 Å². The van der Waals surface area contributed by atoms with E-state index in [1.54, 1.807) is 25.3 Å². The Hall–Kier alpha value is -2.48. The van der Waals surface area contributed by atoms with Crippen molar-refractivity contribution < 1.29 is 14.1 Å². The van der Waals surface area contributed by atoms with Gasteiger partial charge in [0, 0.05) is 26.8 Å². The first kappa shape index (κ1) is 16.9. The summed E-state index contributed by atoms with van der Waals surface area (Å²) >= 11 is 0. The molecule has 0 aliphatic rings. The molecule has 8 nitrogen and oxygen atoms in total. The minimum absolute atomic E-state index is 0.203. The first-order chi connectivity index (χ1) is 11.2. The lowest BCUT2D eigenvalue weighted by Crippen LogP contribution is -2.41. The van der Waals surface area contributed by atoms with Crippen molar-refractivity contribution >= 4 is 6.03 Å². The van der Waals surface area contributed by atoms with Gasteiger partial charge in [-0.2, -0.15) is 4.98 Å². The Labute approximate surface area is 134 Å². The number of hydrogen-bond donors (Lipinski definition) is 1. The highest BCUT2D eigenvalue weighted by atomic mass is 16.5. The lowest BCUT2D eigenvalue weighted by molar-refractivity contribution is 0.114. The van der Waals surface area contributed by atoms with Crippen LogP contribution in [-0.4, -0.2) is 46.8 Å². The van der Waals surface area contributed by atoms with E-state index in [1.165, 1.54) is 0 Å². The number of rotatable bonds is 7. The summed E-state index contributed by atoms with van der Waals surface area (Å²) in [5.41, 5.74) is 0.764. The number of methoxy groups -OCH3 is 1. The topological polar surface area (TPSA) is 93.4 Å². The van der Waals surface area contributed by atoms with Crippen molar-refractivity contribution in [1.29, 1.82) is 0 Å². The van der Waals surface area contributed by atoms with Crippen LogP contribution in [0.15, 0.2) is 28.9 Å². The molecule has 2 aromatic rings. The number of aryl methyl sites for hydroxylation is 1. The van der Waals surface area contributed by atoms with E-state index in [2.05, 4.69) is 20.4 Å². The third kappa shape index (κ3) is 4.49. The molecule has 23 heavy (non-hydrogen) atoms. The van der Waals surface area contributed by atoms with Gasteiger partial charge in [-0.15, -0.1) is 0 Å². The molecule has 2 rings (SSSR count). The lowest BCUT2D eigenvalue weighted by atomic mass is 10.2. The van der Waals surface area contributed by atoms with Gasteiger partial charge in [0.1, 0.15) is 0 Å². The number of carbonyl (C=O) groups is 1. The third-order valence-electron chi connectivity index (χ3n) is 3.35. The number of carbonyl (C=O) groups excluding carboxylic acids is 1. The number of amides is 2. The van der Waals surface area contributed by atoms with E-state index in [1.807, 2.05) is 25.1 Å². The second kappa shape index (κ2) is 8.23. The van der Waals surface area contributed by atoms with Crippen molar-refractivity contribution in [2.75, 3.05) is 20.8 Å². The number of nitrogens with one attached hydrogen (secondary N) is 1. The van der Waals surface area contributed by atoms with E-state index in [4.69, 9.17) is 9.26 Å². The van der Waals surface area contributed by atoms with E-state index >= 15 is 0 Å². The molecule has 0 saturated carbocycles. The molecule has 0 aliphatic heterocycles. The zero-order valence-electron chi connectivity index (χ0n) is 13.5.